The van der Waals surface area contributed by atoms with Gasteiger partial charge < -0.3 is 14.4 Å². The number of esters is 1. The smallest absolute Gasteiger partial charge is 0.410 e. The fraction of sp³-hybridized carbons (Fsp3) is 0.467. The molecular weight excluding hydrogens is 258 g/mol. The van der Waals surface area contributed by atoms with Crippen molar-refractivity contribution in [2.45, 2.75) is 39.8 Å². The van der Waals surface area contributed by atoms with E-state index in [2.05, 4.69) is 0 Å². The third-order valence-electron chi connectivity index (χ3n) is 2.31. The molecule has 0 aromatic heterocycles. The van der Waals surface area contributed by atoms with Crippen molar-refractivity contribution in [3.05, 3.63) is 29.8 Å². The molecule has 5 nitrogen and oxygen atoms in total. The van der Waals surface area contributed by atoms with Crippen molar-refractivity contribution in [2.24, 2.45) is 0 Å². The van der Waals surface area contributed by atoms with Crippen LogP contribution in [0.2, 0.25) is 0 Å². The van der Waals surface area contributed by atoms with E-state index in [1.807, 2.05) is 20.8 Å². The zero-order valence-corrected chi connectivity index (χ0v) is 12.6. The van der Waals surface area contributed by atoms with Crippen LogP contribution in [0.3, 0.4) is 0 Å². The van der Waals surface area contributed by atoms with Gasteiger partial charge in [0, 0.05) is 20.5 Å². The molecule has 20 heavy (non-hydrogen) atoms. The van der Waals surface area contributed by atoms with Crippen molar-refractivity contribution in [1.29, 1.82) is 0 Å². The number of benzene rings is 1. The molecule has 0 fully saturated rings. The lowest BCUT2D eigenvalue weighted by Crippen LogP contribution is -2.33. The molecule has 0 saturated carbocycles. The minimum Gasteiger partial charge on any atom is -0.444 e. The van der Waals surface area contributed by atoms with E-state index in [9.17, 15) is 9.59 Å². The van der Waals surface area contributed by atoms with Crippen LogP contribution in [0.4, 0.5) is 4.79 Å². The van der Waals surface area contributed by atoms with Gasteiger partial charge in [-0.3, -0.25) is 4.79 Å². The van der Waals surface area contributed by atoms with Gasteiger partial charge in [0.1, 0.15) is 11.4 Å². The second-order valence-electron chi connectivity index (χ2n) is 5.57. The van der Waals surface area contributed by atoms with Crippen LogP contribution in [0.25, 0.3) is 0 Å². The number of amides is 1. The highest BCUT2D eigenvalue weighted by Gasteiger charge is 2.19. The minimum atomic E-state index is -0.509. The van der Waals surface area contributed by atoms with Gasteiger partial charge in [0.05, 0.1) is 0 Å². The summed E-state index contributed by atoms with van der Waals surface area (Å²) < 4.78 is 10.2. The number of hydrogen-bond acceptors (Lipinski definition) is 4. The average Bonchev–Trinajstić information content (AvgIpc) is 2.28. The van der Waals surface area contributed by atoms with E-state index in [0.29, 0.717) is 12.3 Å². The predicted octanol–water partition coefficient (Wildman–Crippen LogP) is 2.98. The fourth-order valence-corrected chi connectivity index (χ4v) is 1.51. The van der Waals surface area contributed by atoms with Gasteiger partial charge in [-0.2, -0.15) is 0 Å². The molecule has 0 spiro atoms. The monoisotopic (exact) mass is 279 g/mol. The predicted molar refractivity (Wildman–Crippen MR) is 75.5 cm³/mol. The SMILES string of the molecule is CC(=O)Oc1ccc(CN(C)C(=O)OC(C)(C)C)cc1. The Labute approximate surface area is 119 Å². The number of hydrogen-bond donors (Lipinski definition) is 0. The van der Waals surface area contributed by atoms with Gasteiger partial charge >= 0.3 is 12.1 Å². The van der Waals surface area contributed by atoms with Gasteiger partial charge in [0.25, 0.3) is 0 Å². The van der Waals surface area contributed by atoms with Crippen LogP contribution in [0.15, 0.2) is 24.3 Å². The Morgan fingerprint density at radius 1 is 1.15 bits per heavy atom. The standard InChI is InChI=1S/C15H21NO4/c1-11(17)19-13-8-6-12(7-9-13)10-16(5)14(18)20-15(2,3)4/h6-9H,10H2,1-5H3. The summed E-state index contributed by atoms with van der Waals surface area (Å²) in [6, 6.07) is 7.00. The lowest BCUT2D eigenvalue weighted by atomic mass is 10.2. The first-order chi connectivity index (χ1) is 9.17. The van der Waals surface area contributed by atoms with Crippen LogP contribution in [0, 0.1) is 0 Å². The van der Waals surface area contributed by atoms with Gasteiger partial charge in [-0.05, 0) is 38.5 Å². The Bertz CT molecular complexity index is 474. The summed E-state index contributed by atoms with van der Waals surface area (Å²) in [6.07, 6.45) is -0.374. The number of carbonyl (C=O) groups excluding carboxylic acids is 2. The number of carbonyl (C=O) groups is 2. The van der Waals surface area contributed by atoms with Crippen molar-refractivity contribution in [3.8, 4) is 5.75 Å². The molecule has 0 aliphatic carbocycles. The summed E-state index contributed by atoms with van der Waals surface area (Å²) in [6.45, 7) is 7.26. The van der Waals surface area contributed by atoms with Gasteiger partial charge in [-0.1, -0.05) is 12.1 Å². The molecule has 1 amide bonds. The van der Waals surface area contributed by atoms with E-state index in [-0.39, 0.29) is 12.1 Å². The topological polar surface area (TPSA) is 55.8 Å². The highest BCUT2D eigenvalue weighted by atomic mass is 16.6. The van der Waals surface area contributed by atoms with E-state index in [1.165, 1.54) is 11.8 Å². The summed E-state index contributed by atoms with van der Waals surface area (Å²) in [7, 11) is 1.67. The minimum absolute atomic E-state index is 0.358. The van der Waals surface area contributed by atoms with E-state index in [0.717, 1.165) is 5.56 Å². The van der Waals surface area contributed by atoms with Crippen molar-refractivity contribution in [1.82, 2.24) is 4.90 Å². The third kappa shape index (κ3) is 5.73. The normalized spacial score (nSPS) is 10.8. The average molecular weight is 279 g/mol. The molecule has 0 radical (unpaired) electrons. The first kappa shape index (κ1) is 16.0. The quantitative estimate of drug-likeness (QED) is 0.630. The van der Waals surface area contributed by atoms with Crippen LogP contribution in [0.5, 0.6) is 5.75 Å². The van der Waals surface area contributed by atoms with Crippen LogP contribution in [-0.4, -0.2) is 29.6 Å². The Kier molecular flexibility index (Phi) is 5.13. The zero-order valence-electron chi connectivity index (χ0n) is 12.6. The summed E-state index contributed by atoms with van der Waals surface area (Å²) in [5, 5.41) is 0. The van der Waals surface area contributed by atoms with E-state index in [1.54, 1.807) is 31.3 Å². The maximum absolute atomic E-state index is 11.8. The molecular formula is C15H21NO4. The molecule has 0 N–H and O–H groups in total. The lowest BCUT2D eigenvalue weighted by Gasteiger charge is -2.24. The van der Waals surface area contributed by atoms with Crippen LogP contribution < -0.4 is 4.74 Å². The maximum atomic E-state index is 11.8. The summed E-state index contributed by atoms with van der Waals surface area (Å²) in [5.41, 5.74) is 0.416. The summed E-state index contributed by atoms with van der Waals surface area (Å²) in [5.74, 6) is 0.129. The molecule has 1 aromatic rings. The number of nitrogens with zero attached hydrogens (tertiary/aromatic N) is 1. The zero-order chi connectivity index (χ0) is 15.3. The largest absolute Gasteiger partial charge is 0.444 e. The van der Waals surface area contributed by atoms with Crippen molar-refractivity contribution >= 4 is 12.1 Å². The third-order valence-corrected chi connectivity index (χ3v) is 2.31. The molecule has 0 heterocycles. The maximum Gasteiger partial charge on any atom is 0.410 e. The molecule has 0 unspecified atom stereocenters. The van der Waals surface area contributed by atoms with Crippen molar-refractivity contribution < 1.29 is 19.1 Å². The Morgan fingerprint density at radius 3 is 2.15 bits per heavy atom. The van der Waals surface area contributed by atoms with Gasteiger partial charge in [0.15, 0.2) is 0 Å². The second kappa shape index (κ2) is 6.41. The Morgan fingerprint density at radius 2 is 1.70 bits per heavy atom. The van der Waals surface area contributed by atoms with E-state index < -0.39 is 5.60 Å². The van der Waals surface area contributed by atoms with E-state index in [4.69, 9.17) is 9.47 Å². The highest BCUT2D eigenvalue weighted by Crippen LogP contribution is 2.15. The molecule has 0 bridgehead atoms. The van der Waals surface area contributed by atoms with Gasteiger partial charge in [-0.15, -0.1) is 0 Å². The molecule has 0 aliphatic rings. The van der Waals surface area contributed by atoms with Crippen LogP contribution in [0.1, 0.15) is 33.3 Å². The van der Waals surface area contributed by atoms with Crippen molar-refractivity contribution in [3.63, 3.8) is 0 Å². The van der Waals surface area contributed by atoms with E-state index >= 15 is 0 Å². The highest BCUT2D eigenvalue weighted by molar-refractivity contribution is 5.69. The molecule has 1 rings (SSSR count). The lowest BCUT2D eigenvalue weighted by molar-refractivity contribution is -0.131. The Hall–Kier alpha value is -2.04. The van der Waals surface area contributed by atoms with Crippen molar-refractivity contribution in [2.75, 3.05) is 7.05 Å². The number of rotatable bonds is 3. The first-order valence-electron chi connectivity index (χ1n) is 6.39. The molecule has 5 heteroatoms. The fourth-order valence-electron chi connectivity index (χ4n) is 1.51. The van der Waals surface area contributed by atoms with Crippen LogP contribution >= 0.6 is 0 Å². The molecule has 0 aliphatic heterocycles. The van der Waals surface area contributed by atoms with Gasteiger partial charge in [0.2, 0.25) is 0 Å². The summed E-state index contributed by atoms with van der Waals surface area (Å²) >= 11 is 0. The molecule has 0 saturated heterocycles. The molecule has 110 valence electrons. The second-order valence-corrected chi connectivity index (χ2v) is 5.57. The Balaban J connectivity index is 2.60. The van der Waals surface area contributed by atoms with Gasteiger partial charge in [-0.25, -0.2) is 4.79 Å². The first-order valence-corrected chi connectivity index (χ1v) is 6.39. The van der Waals surface area contributed by atoms with Crippen LogP contribution in [-0.2, 0) is 16.1 Å². The molecule has 0 atom stereocenters. The summed E-state index contributed by atoms with van der Waals surface area (Å²) in [4.78, 5) is 24.1. The molecule has 1 aromatic carbocycles. The number of ether oxygens (including phenoxy) is 2.